The molecule has 0 radical (unpaired) electrons. The van der Waals surface area contributed by atoms with Crippen LogP contribution in [0.15, 0.2) is 0 Å². The maximum Gasteiger partial charge on any atom is 0.323 e. The quantitative estimate of drug-likeness (QED) is 0.693. The number of likely N-dealkylation sites (N-methyl/N-ethyl adjacent to an activating group) is 1. The predicted molar refractivity (Wildman–Crippen MR) is 57.6 cm³/mol. The molecule has 0 heterocycles. The van der Waals surface area contributed by atoms with Crippen LogP contribution in [0, 0.1) is 0 Å². The average Bonchev–Trinajstić information content (AvgIpc) is 2.01. The second-order valence-electron chi connectivity index (χ2n) is 4.44. The lowest BCUT2D eigenvalue weighted by Gasteiger charge is -2.30. The van der Waals surface area contributed by atoms with Crippen LogP contribution in [0.1, 0.15) is 27.7 Å². The summed E-state index contributed by atoms with van der Waals surface area (Å²) in [5.41, 5.74) is -1.03. The molecule has 15 heavy (non-hydrogen) atoms. The van der Waals surface area contributed by atoms with Crippen molar-refractivity contribution >= 4 is 11.9 Å². The van der Waals surface area contributed by atoms with Gasteiger partial charge in [-0.15, -0.1) is 0 Å². The molecule has 1 amide bonds. The number of amides is 1. The summed E-state index contributed by atoms with van der Waals surface area (Å²) in [6.45, 7) is 6.94. The monoisotopic (exact) mass is 216 g/mol. The van der Waals surface area contributed by atoms with Gasteiger partial charge in [0.2, 0.25) is 5.91 Å². The first-order valence-electron chi connectivity index (χ1n) is 4.92. The molecule has 2 N–H and O–H groups in total. The molecule has 0 aromatic carbocycles. The number of carboxylic acids is 1. The highest BCUT2D eigenvalue weighted by atomic mass is 16.4. The highest BCUT2D eigenvalue weighted by Gasteiger charge is 2.32. The second-order valence-corrected chi connectivity index (χ2v) is 4.44. The van der Waals surface area contributed by atoms with Gasteiger partial charge in [-0.05, 0) is 34.7 Å². The van der Waals surface area contributed by atoms with Gasteiger partial charge in [0.15, 0.2) is 0 Å². The summed E-state index contributed by atoms with van der Waals surface area (Å²) in [6.07, 6.45) is 0. The van der Waals surface area contributed by atoms with Gasteiger partial charge >= 0.3 is 5.97 Å². The third-order valence-electron chi connectivity index (χ3n) is 2.31. The van der Waals surface area contributed by atoms with Crippen molar-refractivity contribution in [3.8, 4) is 0 Å². The summed E-state index contributed by atoms with van der Waals surface area (Å²) in [4.78, 5) is 23.8. The lowest BCUT2D eigenvalue weighted by Crippen LogP contribution is -2.52. The molecule has 0 saturated carbocycles. The Balaban J connectivity index is 4.30. The van der Waals surface area contributed by atoms with E-state index in [1.54, 1.807) is 20.9 Å². The lowest BCUT2D eigenvalue weighted by atomic mass is 10.0. The van der Waals surface area contributed by atoms with Gasteiger partial charge in [0.25, 0.3) is 0 Å². The highest BCUT2D eigenvalue weighted by Crippen LogP contribution is 2.11. The Morgan fingerprint density at radius 1 is 1.40 bits per heavy atom. The van der Waals surface area contributed by atoms with Crippen molar-refractivity contribution in [2.75, 3.05) is 13.6 Å². The van der Waals surface area contributed by atoms with Crippen LogP contribution in [0.3, 0.4) is 0 Å². The maximum absolute atomic E-state index is 11.4. The fraction of sp³-hybridized carbons (Fsp3) is 0.800. The summed E-state index contributed by atoms with van der Waals surface area (Å²) in [7, 11) is 1.62. The van der Waals surface area contributed by atoms with E-state index in [-0.39, 0.29) is 18.5 Å². The van der Waals surface area contributed by atoms with Crippen LogP contribution in [0.2, 0.25) is 0 Å². The molecule has 0 aliphatic carbocycles. The predicted octanol–water partition coefficient (Wildman–Crippen LogP) is 0.306. The molecule has 0 unspecified atom stereocenters. The van der Waals surface area contributed by atoms with Crippen LogP contribution in [-0.4, -0.2) is 47.1 Å². The van der Waals surface area contributed by atoms with E-state index in [9.17, 15) is 9.59 Å². The van der Waals surface area contributed by atoms with Gasteiger partial charge < -0.3 is 10.4 Å². The number of hydrogen-bond acceptors (Lipinski definition) is 3. The second kappa shape index (κ2) is 5.11. The van der Waals surface area contributed by atoms with Crippen molar-refractivity contribution < 1.29 is 14.7 Å². The van der Waals surface area contributed by atoms with E-state index in [0.29, 0.717) is 0 Å². The summed E-state index contributed by atoms with van der Waals surface area (Å²) in [5, 5.41) is 11.6. The third-order valence-corrected chi connectivity index (χ3v) is 2.31. The normalized spacial score (nSPS) is 11.9. The minimum Gasteiger partial charge on any atom is -0.480 e. The minimum absolute atomic E-state index is 0.0684. The Kier molecular flexibility index (Phi) is 4.74. The smallest absolute Gasteiger partial charge is 0.323 e. The first-order chi connectivity index (χ1) is 6.67. The average molecular weight is 216 g/mol. The first kappa shape index (κ1) is 13.9. The molecule has 0 spiro atoms. The highest BCUT2D eigenvalue weighted by molar-refractivity contribution is 5.81. The molecule has 5 heteroatoms. The van der Waals surface area contributed by atoms with E-state index in [1.807, 2.05) is 13.8 Å². The number of aliphatic carboxylic acids is 1. The van der Waals surface area contributed by atoms with Crippen LogP contribution in [0.25, 0.3) is 0 Å². The molecule has 0 fully saturated rings. The lowest BCUT2D eigenvalue weighted by molar-refractivity contribution is -0.149. The molecule has 5 nitrogen and oxygen atoms in total. The largest absolute Gasteiger partial charge is 0.480 e. The fourth-order valence-electron chi connectivity index (χ4n) is 0.944. The zero-order valence-electron chi connectivity index (χ0n) is 10.00. The van der Waals surface area contributed by atoms with Crippen molar-refractivity contribution in [1.82, 2.24) is 10.2 Å². The summed E-state index contributed by atoms with van der Waals surface area (Å²) in [5.74, 6) is -1.11. The minimum atomic E-state index is -1.03. The molecule has 0 saturated heterocycles. The van der Waals surface area contributed by atoms with Crippen LogP contribution >= 0.6 is 0 Å². The number of carbonyl (C=O) groups is 2. The number of carboxylic acid groups (broad SMARTS) is 1. The molecule has 0 aromatic heterocycles. The Morgan fingerprint density at radius 3 is 2.20 bits per heavy atom. The van der Waals surface area contributed by atoms with Crippen LogP contribution < -0.4 is 5.32 Å². The van der Waals surface area contributed by atoms with Crippen LogP contribution in [0.5, 0.6) is 0 Å². The summed E-state index contributed by atoms with van der Waals surface area (Å²) < 4.78 is 0. The topological polar surface area (TPSA) is 69.6 Å². The van der Waals surface area contributed by atoms with Gasteiger partial charge in [0.05, 0.1) is 6.54 Å². The van der Waals surface area contributed by atoms with Gasteiger partial charge in [0, 0.05) is 6.04 Å². The van der Waals surface area contributed by atoms with Crippen LogP contribution in [0.4, 0.5) is 0 Å². The van der Waals surface area contributed by atoms with E-state index < -0.39 is 11.5 Å². The number of hydrogen-bond donors (Lipinski definition) is 2. The fourth-order valence-corrected chi connectivity index (χ4v) is 0.944. The van der Waals surface area contributed by atoms with Crippen molar-refractivity contribution in [3.63, 3.8) is 0 Å². The van der Waals surface area contributed by atoms with Gasteiger partial charge in [-0.1, -0.05) is 0 Å². The number of carbonyl (C=O) groups excluding carboxylic acids is 1. The third kappa shape index (κ3) is 4.29. The van der Waals surface area contributed by atoms with Gasteiger partial charge in [-0.2, -0.15) is 0 Å². The van der Waals surface area contributed by atoms with Gasteiger partial charge in [-0.3, -0.25) is 14.5 Å². The van der Waals surface area contributed by atoms with Crippen LogP contribution in [-0.2, 0) is 9.59 Å². The molecule has 0 aliphatic rings. The van der Waals surface area contributed by atoms with Crippen molar-refractivity contribution in [2.24, 2.45) is 0 Å². The van der Waals surface area contributed by atoms with E-state index in [4.69, 9.17) is 5.11 Å². The molecule has 0 rings (SSSR count). The standard InChI is InChI=1S/C10H20N2O3/c1-7(2)11-8(13)6-12(5)10(3,4)9(14)15/h7H,6H2,1-5H3,(H,11,13)(H,14,15). The zero-order valence-corrected chi connectivity index (χ0v) is 10.00. The van der Waals surface area contributed by atoms with E-state index >= 15 is 0 Å². The molecular weight excluding hydrogens is 196 g/mol. The van der Waals surface area contributed by atoms with Crippen molar-refractivity contribution in [1.29, 1.82) is 0 Å². The van der Waals surface area contributed by atoms with E-state index in [1.165, 1.54) is 4.90 Å². The van der Waals surface area contributed by atoms with E-state index in [2.05, 4.69) is 5.32 Å². The van der Waals surface area contributed by atoms with E-state index in [0.717, 1.165) is 0 Å². The molecule has 0 aliphatic heterocycles. The Morgan fingerprint density at radius 2 is 1.87 bits per heavy atom. The number of rotatable bonds is 5. The van der Waals surface area contributed by atoms with Crippen molar-refractivity contribution in [3.05, 3.63) is 0 Å². The number of nitrogens with one attached hydrogen (secondary N) is 1. The summed E-state index contributed by atoms with van der Waals surface area (Å²) in [6, 6.07) is 0.0684. The van der Waals surface area contributed by atoms with Gasteiger partial charge in [0.1, 0.15) is 5.54 Å². The summed E-state index contributed by atoms with van der Waals surface area (Å²) >= 11 is 0. The molecule has 0 aromatic rings. The first-order valence-corrected chi connectivity index (χ1v) is 4.92. The Hall–Kier alpha value is -1.10. The Bertz CT molecular complexity index is 249. The SMILES string of the molecule is CC(C)NC(=O)CN(C)C(C)(C)C(=O)O. The van der Waals surface area contributed by atoms with Gasteiger partial charge in [-0.25, -0.2) is 0 Å². The van der Waals surface area contributed by atoms with Crippen molar-refractivity contribution in [2.45, 2.75) is 39.3 Å². The molecule has 0 bridgehead atoms. The maximum atomic E-state index is 11.4. The molecule has 88 valence electrons. The Labute approximate surface area is 90.5 Å². The molecular formula is C10H20N2O3. The zero-order chi connectivity index (χ0) is 12.2. The molecule has 0 atom stereocenters. The number of nitrogens with zero attached hydrogens (tertiary/aromatic N) is 1.